The molecule has 4 heteroatoms. The summed E-state index contributed by atoms with van der Waals surface area (Å²) in [5, 5.41) is 2.43. The van der Waals surface area contributed by atoms with E-state index in [0.29, 0.717) is 0 Å². The van der Waals surface area contributed by atoms with Gasteiger partial charge in [-0.05, 0) is 81.9 Å². The molecule has 0 bridgehead atoms. The summed E-state index contributed by atoms with van der Waals surface area (Å²) in [5.41, 5.74) is 12.8. The van der Waals surface area contributed by atoms with Crippen molar-refractivity contribution in [2.75, 3.05) is 16.8 Å². The minimum atomic E-state index is -0.0781. The van der Waals surface area contributed by atoms with Crippen LogP contribution < -0.4 is 9.80 Å². The number of aromatic nitrogens is 2. The first-order valence-corrected chi connectivity index (χ1v) is 18.4. The van der Waals surface area contributed by atoms with E-state index in [2.05, 4.69) is 195 Å². The quantitative estimate of drug-likeness (QED) is 0.167. The molecular formula is C49H42N4. The number of hydrogen-bond acceptors (Lipinski definition) is 4. The fourth-order valence-electron chi connectivity index (χ4n) is 8.75. The Morgan fingerprint density at radius 2 is 1.28 bits per heavy atom. The fraction of sp³-hybridized carbons (Fsp3) is 0.143. The third-order valence-corrected chi connectivity index (χ3v) is 11.5. The Hall–Kier alpha value is -6.26. The topological polar surface area (TPSA) is 32.3 Å². The van der Waals surface area contributed by atoms with Crippen molar-refractivity contribution in [3.8, 4) is 22.4 Å². The van der Waals surface area contributed by atoms with E-state index in [1.54, 1.807) is 0 Å². The van der Waals surface area contributed by atoms with Crippen LogP contribution in [-0.4, -0.2) is 17.0 Å². The van der Waals surface area contributed by atoms with Crippen molar-refractivity contribution in [3.05, 3.63) is 193 Å². The summed E-state index contributed by atoms with van der Waals surface area (Å²) in [4.78, 5) is 14.7. The minimum Gasteiger partial charge on any atom is -0.344 e. The summed E-state index contributed by atoms with van der Waals surface area (Å²) in [6.07, 6.45) is 9.55. The van der Waals surface area contributed by atoms with Gasteiger partial charge in [-0.1, -0.05) is 136 Å². The van der Waals surface area contributed by atoms with Crippen molar-refractivity contribution in [1.82, 2.24) is 9.97 Å². The third kappa shape index (κ3) is 5.45. The lowest BCUT2D eigenvalue weighted by atomic mass is 9.70. The summed E-state index contributed by atoms with van der Waals surface area (Å²) >= 11 is 0. The van der Waals surface area contributed by atoms with E-state index < -0.39 is 0 Å². The second-order valence-corrected chi connectivity index (χ2v) is 15.0. The lowest BCUT2D eigenvalue weighted by Crippen LogP contribution is -2.30. The first-order chi connectivity index (χ1) is 25.8. The number of benzene rings is 6. The average Bonchev–Trinajstić information content (AvgIpc) is 3.39. The Morgan fingerprint density at radius 1 is 0.604 bits per heavy atom. The fourth-order valence-corrected chi connectivity index (χ4v) is 8.75. The summed E-state index contributed by atoms with van der Waals surface area (Å²) in [6.45, 7) is 7.13. The van der Waals surface area contributed by atoms with Crippen molar-refractivity contribution < 1.29 is 0 Å². The second kappa shape index (κ2) is 12.8. The first-order valence-electron chi connectivity index (χ1n) is 18.4. The number of fused-ring (bicyclic) bond motifs is 4. The van der Waals surface area contributed by atoms with Crippen LogP contribution in [0.15, 0.2) is 181 Å². The molecule has 0 amide bonds. The molecule has 4 nitrogen and oxygen atoms in total. The van der Waals surface area contributed by atoms with Gasteiger partial charge in [0.25, 0.3) is 0 Å². The predicted molar refractivity (Wildman–Crippen MR) is 221 cm³/mol. The van der Waals surface area contributed by atoms with Gasteiger partial charge in [0.05, 0.1) is 18.1 Å². The summed E-state index contributed by atoms with van der Waals surface area (Å²) in [5.74, 6) is 0.787. The molecule has 0 aliphatic heterocycles. The number of hydrogen-bond donors (Lipinski definition) is 0. The molecule has 1 unspecified atom stereocenters. The van der Waals surface area contributed by atoms with Crippen molar-refractivity contribution >= 4 is 33.7 Å². The molecule has 53 heavy (non-hydrogen) atoms. The van der Waals surface area contributed by atoms with E-state index in [1.807, 2.05) is 12.4 Å². The SMILES string of the molecule is CN(c1ccccc1)c1ccc(-c2cnc(N(C3=CCC4(C)C(=C3)C(C)(C)c3ccccc34)c3ccccc3)cn2)cc1-c1cccc2ccccc12. The van der Waals surface area contributed by atoms with Crippen LogP contribution in [0.25, 0.3) is 33.2 Å². The highest BCUT2D eigenvalue weighted by Crippen LogP contribution is 2.57. The molecule has 7 aromatic rings. The highest BCUT2D eigenvalue weighted by Gasteiger charge is 2.49. The molecule has 0 N–H and O–H groups in total. The number of allylic oxidation sites excluding steroid dienone is 3. The van der Waals surface area contributed by atoms with Gasteiger partial charge in [0.1, 0.15) is 0 Å². The highest BCUT2D eigenvalue weighted by molar-refractivity contribution is 6.01. The standard InChI is InChI=1S/C49H42N4/c1-48(2)42-24-13-14-25-43(42)49(3)29-28-38(31-46(48)49)53(37-20-9-6-10-21-37)47-33-50-44(32-51-47)35-26-27-45(52(4)36-18-7-5-8-19-36)41(30-35)40-23-15-17-34-16-11-12-22-39(34)40/h5-28,30-33H,29H2,1-4H3. The largest absolute Gasteiger partial charge is 0.344 e. The zero-order chi connectivity index (χ0) is 36.2. The molecular weight excluding hydrogens is 645 g/mol. The van der Waals surface area contributed by atoms with E-state index in [0.717, 1.165) is 51.8 Å². The van der Waals surface area contributed by atoms with E-state index in [4.69, 9.17) is 9.97 Å². The maximum atomic E-state index is 5.13. The van der Waals surface area contributed by atoms with Crippen LogP contribution in [0.2, 0.25) is 0 Å². The van der Waals surface area contributed by atoms with E-state index in [9.17, 15) is 0 Å². The Labute approximate surface area is 312 Å². The Bertz CT molecular complexity index is 2530. The first kappa shape index (κ1) is 32.6. The van der Waals surface area contributed by atoms with E-state index in [1.165, 1.54) is 33.0 Å². The van der Waals surface area contributed by atoms with Crippen LogP contribution in [-0.2, 0) is 10.8 Å². The monoisotopic (exact) mass is 686 g/mol. The molecule has 1 atom stereocenters. The predicted octanol–water partition coefficient (Wildman–Crippen LogP) is 12.3. The summed E-state index contributed by atoms with van der Waals surface area (Å²) in [7, 11) is 2.13. The summed E-state index contributed by atoms with van der Waals surface area (Å²) in [6, 6.07) is 51.8. The molecule has 1 heterocycles. The van der Waals surface area contributed by atoms with Gasteiger partial charge >= 0.3 is 0 Å². The van der Waals surface area contributed by atoms with Crippen molar-refractivity contribution in [1.29, 1.82) is 0 Å². The van der Waals surface area contributed by atoms with Crippen molar-refractivity contribution in [3.63, 3.8) is 0 Å². The molecule has 0 fully saturated rings. The summed E-state index contributed by atoms with van der Waals surface area (Å²) < 4.78 is 0. The highest BCUT2D eigenvalue weighted by atomic mass is 15.2. The zero-order valence-electron chi connectivity index (χ0n) is 30.7. The average molecular weight is 687 g/mol. The van der Waals surface area contributed by atoms with E-state index in [-0.39, 0.29) is 10.8 Å². The molecule has 2 aliphatic rings. The maximum Gasteiger partial charge on any atom is 0.156 e. The molecule has 0 spiro atoms. The molecule has 1 aromatic heterocycles. The van der Waals surface area contributed by atoms with Crippen LogP contribution in [0.3, 0.4) is 0 Å². The lowest BCUT2D eigenvalue weighted by molar-refractivity contribution is 0.508. The molecule has 258 valence electrons. The second-order valence-electron chi connectivity index (χ2n) is 15.0. The van der Waals surface area contributed by atoms with Gasteiger partial charge in [-0.15, -0.1) is 0 Å². The van der Waals surface area contributed by atoms with Crippen LogP contribution in [0.1, 0.15) is 38.3 Å². The molecule has 6 aromatic carbocycles. The number of nitrogens with zero attached hydrogens (tertiary/aromatic N) is 4. The van der Waals surface area contributed by atoms with Gasteiger partial charge < -0.3 is 4.90 Å². The van der Waals surface area contributed by atoms with Crippen LogP contribution >= 0.6 is 0 Å². The van der Waals surface area contributed by atoms with Crippen LogP contribution in [0, 0.1) is 0 Å². The maximum absolute atomic E-state index is 5.13. The van der Waals surface area contributed by atoms with Gasteiger partial charge in [-0.25, -0.2) is 4.98 Å². The van der Waals surface area contributed by atoms with Crippen molar-refractivity contribution in [2.45, 2.75) is 38.0 Å². The van der Waals surface area contributed by atoms with E-state index >= 15 is 0 Å². The van der Waals surface area contributed by atoms with Gasteiger partial charge in [0.2, 0.25) is 0 Å². The van der Waals surface area contributed by atoms with Gasteiger partial charge in [0, 0.05) is 51.8 Å². The lowest BCUT2D eigenvalue weighted by Gasteiger charge is -2.37. The van der Waals surface area contributed by atoms with Gasteiger partial charge in [0.15, 0.2) is 5.82 Å². The Balaban J connectivity index is 1.12. The number of rotatable bonds is 7. The number of anilines is 4. The molecule has 0 saturated carbocycles. The molecule has 0 radical (unpaired) electrons. The molecule has 2 aliphatic carbocycles. The van der Waals surface area contributed by atoms with Gasteiger partial charge in [-0.2, -0.15) is 0 Å². The van der Waals surface area contributed by atoms with Gasteiger partial charge in [-0.3, -0.25) is 9.88 Å². The third-order valence-electron chi connectivity index (χ3n) is 11.5. The van der Waals surface area contributed by atoms with Crippen molar-refractivity contribution in [2.24, 2.45) is 0 Å². The smallest absolute Gasteiger partial charge is 0.156 e. The minimum absolute atomic E-state index is 0.0377. The normalized spacial score (nSPS) is 17.1. The Morgan fingerprint density at radius 3 is 2.04 bits per heavy atom. The Kier molecular flexibility index (Phi) is 7.85. The van der Waals surface area contributed by atoms with Crippen LogP contribution in [0.5, 0.6) is 0 Å². The number of para-hydroxylation sites is 2. The van der Waals surface area contributed by atoms with Crippen LogP contribution in [0.4, 0.5) is 22.9 Å². The zero-order valence-corrected chi connectivity index (χ0v) is 30.7. The molecule has 0 saturated heterocycles. The molecule has 9 rings (SSSR count).